The molecule has 0 radical (unpaired) electrons. The molecule has 0 aliphatic carbocycles. The molecule has 246 valence electrons. The van der Waals surface area contributed by atoms with Gasteiger partial charge in [-0.05, 0) is 60.2 Å². The third kappa shape index (κ3) is 8.46. The fourth-order valence-corrected chi connectivity index (χ4v) is 6.77. The predicted octanol–water partition coefficient (Wildman–Crippen LogP) is 6.26. The Balaban J connectivity index is 1.57. The number of carbonyl (C=O) groups is 2. The standard InChI is InChI=1S/C32H29Cl3N4O7S/c1-44-21-12-13-26(45-2)28(17-21)47(42,43)27-14-9-19(33)16-24(27)38-32(36)39-25(31(41)46-3)15-18-7-10-20(11-8-18)37-30(40)29-22(34)5-4-6-23(29)35/h4-14,16-17,25H,15H2,1-3H3,(H,37,40)(H3,36,38,39)/t25-/m0/s1. The average Bonchev–Trinajstić information content (AvgIpc) is 3.04. The van der Waals surface area contributed by atoms with Gasteiger partial charge in [-0.15, -0.1) is 0 Å². The highest BCUT2D eigenvalue weighted by atomic mass is 35.5. The van der Waals surface area contributed by atoms with Crippen molar-refractivity contribution in [3.63, 3.8) is 0 Å². The molecule has 0 fully saturated rings. The van der Waals surface area contributed by atoms with Crippen molar-refractivity contribution in [3.8, 4) is 11.5 Å². The van der Waals surface area contributed by atoms with Gasteiger partial charge in [-0.25, -0.2) is 18.2 Å². The number of nitrogens with zero attached hydrogens (tertiary/aromatic N) is 1. The molecule has 1 atom stereocenters. The summed E-state index contributed by atoms with van der Waals surface area (Å²) < 4.78 is 43.0. The number of methoxy groups -OCH3 is 3. The summed E-state index contributed by atoms with van der Waals surface area (Å²) >= 11 is 18.5. The first-order valence-corrected chi connectivity index (χ1v) is 16.3. The number of amides is 1. The van der Waals surface area contributed by atoms with E-state index in [4.69, 9.17) is 54.7 Å². The second-order valence-electron chi connectivity index (χ2n) is 9.79. The maximum Gasteiger partial charge on any atom is 0.331 e. The van der Waals surface area contributed by atoms with E-state index in [-0.39, 0.29) is 54.2 Å². The highest BCUT2D eigenvalue weighted by Crippen LogP contribution is 2.36. The second kappa shape index (κ2) is 15.4. The van der Waals surface area contributed by atoms with Gasteiger partial charge in [-0.2, -0.15) is 0 Å². The SMILES string of the molecule is COC(=O)[C@H](Cc1ccc(NC(=O)c2c(Cl)cccc2Cl)cc1)N=C(N)Nc1cc(Cl)ccc1S(=O)(=O)c1cc(OC)ccc1OC. The largest absolute Gasteiger partial charge is 0.497 e. The number of rotatable bonds is 11. The normalized spacial score (nSPS) is 12.2. The second-order valence-corrected chi connectivity index (χ2v) is 12.9. The number of nitrogens with two attached hydrogens (primary N) is 1. The Labute approximate surface area is 286 Å². The van der Waals surface area contributed by atoms with Crippen LogP contribution in [0, 0.1) is 0 Å². The van der Waals surface area contributed by atoms with Crippen LogP contribution in [0.4, 0.5) is 11.4 Å². The van der Waals surface area contributed by atoms with Crippen LogP contribution in [0.2, 0.25) is 15.1 Å². The molecule has 1 amide bonds. The number of nitrogens with one attached hydrogen (secondary N) is 2. The minimum Gasteiger partial charge on any atom is -0.497 e. The first-order valence-electron chi connectivity index (χ1n) is 13.7. The molecule has 0 spiro atoms. The quantitative estimate of drug-likeness (QED) is 0.0924. The summed E-state index contributed by atoms with van der Waals surface area (Å²) in [5, 5.41) is 6.12. The number of esters is 1. The monoisotopic (exact) mass is 718 g/mol. The van der Waals surface area contributed by atoms with Gasteiger partial charge in [-0.3, -0.25) is 4.79 Å². The van der Waals surface area contributed by atoms with E-state index >= 15 is 0 Å². The van der Waals surface area contributed by atoms with Crippen molar-refractivity contribution in [3.05, 3.63) is 105 Å². The first-order chi connectivity index (χ1) is 22.4. The van der Waals surface area contributed by atoms with Crippen molar-refractivity contribution in [1.82, 2.24) is 0 Å². The molecule has 11 nitrogen and oxygen atoms in total. The number of halogens is 3. The molecule has 0 saturated heterocycles. The van der Waals surface area contributed by atoms with Crippen LogP contribution in [-0.2, 0) is 25.8 Å². The summed E-state index contributed by atoms with van der Waals surface area (Å²) in [5.41, 5.74) is 7.45. The summed E-state index contributed by atoms with van der Waals surface area (Å²) in [4.78, 5) is 29.4. The molecule has 0 aromatic heterocycles. The van der Waals surface area contributed by atoms with E-state index in [0.717, 1.165) is 0 Å². The highest BCUT2D eigenvalue weighted by molar-refractivity contribution is 7.91. The third-order valence-electron chi connectivity index (χ3n) is 6.75. The molecule has 0 aliphatic heterocycles. The summed E-state index contributed by atoms with van der Waals surface area (Å²) in [6, 6.07) is 18.7. The van der Waals surface area contributed by atoms with E-state index in [2.05, 4.69) is 15.6 Å². The minimum atomic E-state index is -4.21. The molecule has 0 unspecified atom stereocenters. The smallest absolute Gasteiger partial charge is 0.331 e. The summed E-state index contributed by atoms with van der Waals surface area (Å²) in [6.07, 6.45) is 0.0569. The molecule has 4 rings (SSSR count). The zero-order chi connectivity index (χ0) is 34.3. The van der Waals surface area contributed by atoms with Crippen molar-refractivity contribution >= 4 is 73.9 Å². The van der Waals surface area contributed by atoms with Crippen LogP contribution >= 0.6 is 34.8 Å². The lowest BCUT2D eigenvalue weighted by molar-refractivity contribution is -0.142. The first kappa shape index (κ1) is 35.4. The van der Waals surface area contributed by atoms with Gasteiger partial charge in [0.15, 0.2) is 12.0 Å². The van der Waals surface area contributed by atoms with Crippen LogP contribution in [0.3, 0.4) is 0 Å². The summed E-state index contributed by atoms with van der Waals surface area (Å²) in [7, 11) is -0.252. The van der Waals surface area contributed by atoms with E-state index in [9.17, 15) is 18.0 Å². The number of aliphatic imine (C=N–C) groups is 1. The molecule has 4 aromatic rings. The van der Waals surface area contributed by atoms with Crippen LogP contribution in [0.5, 0.6) is 11.5 Å². The van der Waals surface area contributed by atoms with Crippen molar-refractivity contribution < 1.29 is 32.2 Å². The third-order valence-corrected chi connectivity index (χ3v) is 9.45. The Hall–Kier alpha value is -4.49. The Morgan fingerprint density at radius 2 is 1.53 bits per heavy atom. The number of benzene rings is 4. The Kier molecular flexibility index (Phi) is 11.6. The summed E-state index contributed by atoms with van der Waals surface area (Å²) in [6.45, 7) is 0. The maximum absolute atomic E-state index is 13.8. The lowest BCUT2D eigenvalue weighted by atomic mass is 10.1. The highest BCUT2D eigenvalue weighted by Gasteiger charge is 2.27. The predicted molar refractivity (Wildman–Crippen MR) is 182 cm³/mol. The van der Waals surface area contributed by atoms with Gasteiger partial charge in [-0.1, -0.05) is 53.0 Å². The number of hydrogen-bond acceptors (Lipinski definition) is 8. The minimum absolute atomic E-state index is 0.00551. The van der Waals surface area contributed by atoms with Gasteiger partial charge < -0.3 is 30.6 Å². The van der Waals surface area contributed by atoms with E-state index in [0.29, 0.717) is 17.0 Å². The van der Waals surface area contributed by atoms with Crippen LogP contribution in [-0.4, -0.2) is 53.6 Å². The lowest BCUT2D eigenvalue weighted by Gasteiger charge is -2.17. The van der Waals surface area contributed by atoms with Gasteiger partial charge in [0.05, 0.1) is 47.5 Å². The van der Waals surface area contributed by atoms with Crippen molar-refractivity contribution in [1.29, 1.82) is 0 Å². The molecular weight excluding hydrogens is 691 g/mol. The Bertz CT molecular complexity index is 1920. The number of guanidine groups is 1. The van der Waals surface area contributed by atoms with Crippen molar-refractivity contribution in [2.75, 3.05) is 32.0 Å². The lowest BCUT2D eigenvalue weighted by Crippen LogP contribution is -2.31. The number of ether oxygens (including phenoxy) is 3. The van der Waals surface area contributed by atoms with Gasteiger partial charge >= 0.3 is 5.97 Å². The van der Waals surface area contributed by atoms with Gasteiger partial charge in [0.1, 0.15) is 16.4 Å². The van der Waals surface area contributed by atoms with E-state index in [1.54, 1.807) is 48.5 Å². The topological polar surface area (TPSA) is 158 Å². The maximum atomic E-state index is 13.8. The Morgan fingerprint density at radius 1 is 0.851 bits per heavy atom. The summed E-state index contributed by atoms with van der Waals surface area (Å²) in [5.74, 6) is -1.07. The molecule has 4 N–H and O–H groups in total. The van der Waals surface area contributed by atoms with E-state index < -0.39 is 27.8 Å². The number of anilines is 2. The fourth-order valence-electron chi connectivity index (χ4n) is 4.46. The molecule has 0 saturated carbocycles. The number of sulfone groups is 1. The average molecular weight is 720 g/mol. The van der Waals surface area contributed by atoms with Gasteiger partial charge in [0.25, 0.3) is 5.91 Å². The fraction of sp³-hybridized carbons (Fsp3) is 0.156. The molecule has 4 aromatic carbocycles. The zero-order valence-corrected chi connectivity index (χ0v) is 28.3. The molecule has 47 heavy (non-hydrogen) atoms. The van der Waals surface area contributed by atoms with E-state index in [1.807, 2.05) is 0 Å². The van der Waals surface area contributed by atoms with E-state index in [1.165, 1.54) is 51.7 Å². The number of hydrogen-bond donors (Lipinski definition) is 3. The molecule has 15 heteroatoms. The zero-order valence-electron chi connectivity index (χ0n) is 25.2. The van der Waals surface area contributed by atoms with Crippen LogP contribution in [0.1, 0.15) is 15.9 Å². The van der Waals surface area contributed by atoms with Crippen LogP contribution < -0.4 is 25.8 Å². The molecule has 0 heterocycles. The molecule has 0 bridgehead atoms. The molecular formula is C32H29Cl3N4O7S. The number of carbonyl (C=O) groups excluding carboxylic acids is 2. The molecule has 0 aliphatic rings. The van der Waals surface area contributed by atoms with Gasteiger partial charge in [0, 0.05) is 23.2 Å². The van der Waals surface area contributed by atoms with Gasteiger partial charge in [0.2, 0.25) is 9.84 Å². The Morgan fingerprint density at radius 3 is 2.15 bits per heavy atom. The van der Waals surface area contributed by atoms with Crippen molar-refractivity contribution in [2.24, 2.45) is 10.7 Å². The van der Waals surface area contributed by atoms with Crippen LogP contribution in [0.25, 0.3) is 0 Å². The van der Waals surface area contributed by atoms with Crippen LogP contribution in [0.15, 0.2) is 93.6 Å². The van der Waals surface area contributed by atoms with Crippen molar-refractivity contribution in [2.45, 2.75) is 22.3 Å².